The SMILES string of the molecule is CC(C)(C)C(=O)Oc1ccc2occc(=O)c2c1. The third-order valence-corrected chi connectivity index (χ3v) is 2.45. The Morgan fingerprint density at radius 1 is 1.22 bits per heavy atom. The summed E-state index contributed by atoms with van der Waals surface area (Å²) < 4.78 is 10.4. The van der Waals surface area contributed by atoms with Gasteiger partial charge < -0.3 is 9.15 Å². The van der Waals surface area contributed by atoms with Gasteiger partial charge in [-0.2, -0.15) is 0 Å². The lowest BCUT2D eigenvalue weighted by Crippen LogP contribution is -2.25. The Morgan fingerprint density at radius 2 is 1.94 bits per heavy atom. The topological polar surface area (TPSA) is 56.5 Å². The summed E-state index contributed by atoms with van der Waals surface area (Å²) >= 11 is 0. The molecule has 2 rings (SSSR count). The first-order valence-corrected chi connectivity index (χ1v) is 5.62. The number of fused-ring (bicyclic) bond motifs is 1. The van der Waals surface area contributed by atoms with Crippen LogP contribution in [0.15, 0.2) is 39.7 Å². The number of carbonyl (C=O) groups excluding carboxylic acids is 1. The molecule has 4 heteroatoms. The van der Waals surface area contributed by atoms with E-state index in [2.05, 4.69) is 0 Å². The molecule has 0 amide bonds. The fourth-order valence-corrected chi connectivity index (χ4v) is 1.39. The second-order valence-electron chi connectivity index (χ2n) is 5.08. The number of benzene rings is 1. The predicted molar refractivity (Wildman–Crippen MR) is 67.6 cm³/mol. The van der Waals surface area contributed by atoms with Crippen LogP contribution in [0.4, 0.5) is 0 Å². The van der Waals surface area contributed by atoms with Gasteiger partial charge in [0.25, 0.3) is 0 Å². The molecule has 0 saturated carbocycles. The van der Waals surface area contributed by atoms with Crippen molar-refractivity contribution < 1.29 is 13.9 Å². The molecule has 0 N–H and O–H groups in total. The van der Waals surface area contributed by atoms with Crippen molar-refractivity contribution in [2.24, 2.45) is 5.41 Å². The Hall–Kier alpha value is -2.10. The Labute approximate surface area is 104 Å². The second-order valence-corrected chi connectivity index (χ2v) is 5.08. The third-order valence-electron chi connectivity index (χ3n) is 2.45. The average molecular weight is 246 g/mol. The van der Waals surface area contributed by atoms with Gasteiger partial charge in [-0.1, -0.05) is 0 Å². The van der Waals surface area contributed by atoms with Crippen molar-refractivity contribution in [1.29, 1.82) is 0 Å². The van der Waals surface area contributed by atoms with Gasteiger partial charge in [-0.15, -0.1) is 0 Å². The lowest BCUT2D eigenvalue weighted by Gasteiger charge is -2.16. The standard InChI is InChI=1S/C14H14O4/c1-14(2,3)13(16)18-9-4-5-12-10(8-9)11(15)6-7-17-12/h4-8H,1-3H3. The van der Waals surface area contributed by atoms with Crippen LogP contribution in [0.5, 0.6) is 5.75 Å². The minimum Gasteiger partial charge on any atom is -0.464 e. The number of esters is 1. The van der Waals surface area contributed by atoms with Crippen LogP contribution in [0.1, 0.15) is 20.8 Å². The summed E-state index contributed by atoms with van der Waals surface area (Å²) in [5, 5.41) is 0.400. The molecule has 1 aromatic heterocycles. The normalized spacial score (nSPS) is 11.5. The van der Waals surface area contributed by atoms with E-state index in [1.165, 1.54) is 18.4 Å². The monoisotopic (exact) mass is 246 g/mol. The van der Waals surface area contributed by atoms with Gasteiger partial charge in [0.15, 0.2) is 5.43 Å². The number of hydrogen-bond donors (Lipinski definition) is 0. The van der Waals surface area contributed by atoms with E-state index in [-0.39, 0.29) is 11.4 Å². The van der Waals surface area contributed by atoms with Crippen LogP contribution < -0.4 is 10.2 Å². The summed E-state index contributed by atoms with van der Waals surface area (Å²) in [6.45, 7) is 5.31. The van der Waals surface area contributed by atoms with Crippen LogP contribution in [-0.4, -0.2) is 5.97 Å². The van der Waals surface area contributed by atoms with Crippen molar-refractivity contribution in [3.05, 3.63) is 40.8 Å². The summed E-state index contributed by atoms with van der Waals surface area (Å²) in [5.74, 6) is 0.00286. The molecule has 0 atom stereocenters. The Bertz CT molecular complexity index is 647. The first-order chi connectivity index (χ1) is 8.38. The van der Waals surface area contributed by atoms with Crippen molar-refractivity contribution in [1.82, 2.24) is 0 Å². The quantitative estimate of drug-likeness (QED) is 0.573. The Kier molecular flexibility index (Phi) is 2.95. The molecule has 0 aliphatic carbocycles. The largest absolute Gasteiger partial charge is 0.464 e. The summed E-state index contributed by atoms with van der Waals surface area (Å²) in [7, 11) is 0. The fourth-order valence-electron chi connectivity index (χ4n) is 1.39. The van der Waals surface area contributed by atoms with Crippen molar-refractivity contribution >= 4 is 16.9 Å². The zero-order valence-corrected chi connectivity index (χ0v) is 10.5. The highest BCUT2D eigenvalue weighted by Gasteiger charge is 2.23. The maximum atomic E-state index is 11.7. The molecule has 0 radical (unpaired) electrons. The number of rotatable bonds is 1. The molecule has 0 saturated heterocycles. The molecule has 0 aliphatic heterocycles. The van der Waals surface area contributed by atoms with Gasteiger partial charge in [0.2, 0.25) is 0 Å². The average Bonchev–Trinajstić information content (AvgIpc) is 2.29. The van der Waals surface area contributed by atoms with Crippen LogP contribution in [-0.2, 0) is 4.79 Å². The smallest absolute Gasteiger partial charge is 0.316 e. The minimum atomic E-state index is -0.587. The summed E-state index contributed by atoms with van der Waals surface area (Å²) in [5.41, 5.74) is -0.279. The van der Waals surface area contributed by atoms with Gasteiger partial charge in [-0.3, -0.25) is 9.59 Å². The van der Waals surface area contributed by atoms with E-state index in [9.17, 15) is 9.59 Å². The highest BCUT2D eigenvalue weighted by Crippen LogP contribution is 2.22. The molecule has 0 bridgehead atoms. The zero-order chi connectivity index (χ0) is 13.3. The van der Waals surface area contributed by atoms with Crippen LogP contribution >= 0.6 is 0 Å². The van der Waals surface area contributed by atoms with E-state index >= 15 is 0 Å². The van der Waals surface area contributed by atoms with E-state index in [1.54, 1.807) is 32.9 Å². The summed E-state index contributed by atoms with van der Waals surface area (Å²) in [6, 6.07) is 6.07. The maximum Gasteiger partial charge on any atom is 0.316 e. The fraction of sp³-hybridized carbons (Fsp3) is 0.286. The van der Waals surface area contributed by atoms with Crippen LogP contribution in [0.25, 0.3) is 11.0 Å². The van der Waals surface area contributed by atoms with Crippen LogP contribution in [0.2, 0.25) is 0 Å². The molecule has 0 aliphatic rings. The van der Waals surface area contributed by atoms with Crippen molar-refractivity contribution in [2.45, 2.75) is 20.8 Å². The number of carbonyl (C=O) groups is 1. The zero-order valence-electron chi connectivity index (χ0n) is 10.5. The summed E-state index contributed by atoms with van der Waals surface area (Å²) in [6.07, 6.45) is 1.34. The minimum absolute atomic E-state index is 0.162. The van der Waals surface area contributed by atoms with E-state index < -0.39 is 5.41 Å². The van der Waals surface area contributed by atoms with Gasteiger partial charge >= 0.3 is 5.97 Å². The van der Waals surface area contributed by atoms with Gasteiger partial charge in [0.1, 0.15) is 11.3 Å². The summed E-state index contributed by atoms with van der Waals surface area (Å²) in [4.78, 5) is 23.3. The molecule has 0 fully saturated rings. The van der Waals surface area contributed by atoms with Gasteiger partial charge in [0.05, 0.1) is 17.1 Å². The first kappa shape index (κ1) is 12.4. The highest BCUT2D eigenvalue weighted by molar-refractivity contribution is 5.81. The molecule has 18 heavy (non-hydrogen) atoms. The number of hydrogen-bond acceptors (Lipinski definition) is 4. The second kappa shape index (κ2) is 4.29. The number of ether oxygens (including phenoxy) is 1. The van der Waals surface area contributed by atoms with Crippen LogP contribution in [0.3, 0.4) is 0 Å². The molecule has 1 heterocycles. The van der Waals surface area contributed by atoms with Gasteiger partial charge in [0, 0.05) is 6.07 Å². The molecular formula is C14H14O4. The van der Waals surface area contributed by atoms with E-state index in [1.807, 2.05) is 0 Å². The molecule has 0 unspecified atom stereocenters. The predicted octanol–water partition coefficient (Wildman–Crippen LogP) is 2.74. The van der Waals surface area contributed by atoms with Crippen LogP contribution in [0, 0.1) is 5.41 Å². The third kappa shape index (κ3) is 2.42. The lowest BCUT2D eigenvalue weighted by atomic mass is 9.97. The lowest BCUT2D eigenvalue weighted by molar-refractivity contribution is -0.142. The van der Waals surface area contributed by atoms with Crippen molar-refractivity contribution in [2.75, 3.05) is 0 Å². The van der Waals surface area contributed by atoms with E-state index in [0.29, 0.717) is 16.7 Å². The molecule has 1 aromatic carbocycles. The Balaban J connectivity index is 2.39. The molecular weight excluding hydrogens is 232 g/mol. The molecule has 2 aromatic rings. The van der Waals surface area contributed by atoms with Crippen molar-refractivity contribution in [3.63, 3.8) is 0 Å². The molecule has 0 spiro atoms. The molecule has 4 nitrogen and oxygen atoms in total. The molecule has 94 valence electrons. The Morgan fingerprint density at radius 3 is 2.61 bits per heavy atom. The first-order valence-electron chi connectivity index (χ1n) is 5.62. The highest BCUT2D eigenvalue weighted by atomic mass is 16.5. The van der Waals surface area contributed by atoms with E-state index in [0.717, 1.165) is 0 Å². The maximum absolute atomic E-state index is 11.7. The van der Waals surface area contributed by atoms with Gasteiger partial charge in [-0.05, 0) is 39.0 Å². The van der Waals surface area contributed by atoms with Crippen molar-refractivity contribution in [3.8, 4) is 5.75 Å². The van der Waals surface area contributed by atoms with Gasteiger partial charge in [-0.25, -0.2) is 0 Å². The van der Waals surface area contributed by atoms with E-state index in [4.69, 9.17) is 9.15 Å².